The third-order valence-corrected chi connectivity index (χ3v) is 3.71. The molecule has 0 saturated carbocycles. The van der Waals surface area contributed by atoms with Crippen LogP contribution in [0.2, 0.25) is 0 Å². The molecular weight excluding hydrogens is 267 g/mol. The van der Waals surface area contributed by atoms with Crippen molar-refractivity contribution in [1.29, 1.82) is 0 Å². The lowest BCUT2D eigenvalue weighted by molar-refractivity contribution is 0.181. The summed E-state index contributed by atoms with van der Waals surface area (Å²) in [6.45, 7) is 1.06. The predicted molar refractivity (Wildman–Crippen MR) is 72.6 cm³/mol. The highest BCUT2D eigenvalue weighted by molar-refractivity contribution is 7.15. The van der Waals surface area contributed by atoms with E-state index in [0.29, 0.717) is 23.7 Å². The van der Waals surface area contributed by atoms with Crippen molar-refractivity contribution in [3.8, 4) is 16.3 Å². The number of rotatable bonds is 5. The number of aromatic nitrogens is 1. The van der Waals surface area contributed by atoms with Crippen molar-refractivity contribution >= 4 is 11.3 Å². The number of hydrogen-bond donors (Lipinski definition) is 2. The molecule has 2 rings (SSSR count). The van der Waals surface area contributed by atoms with Crippen molar-refractivity contribution in [2.45, 2.75) is 13.2 Å². The van der Waals surface area contributed by atoms with Crippen molar-refractivity contribution in [1.82, 2.24) is 10.3 Å². The largest absolute Gasteiger partial charge is 0.508 e. The minimum Gasteiger partial charge on any atom is -0.508 e. The Morgan fingerprint density at radius 2 is 2.26 bits per heavy atom. The van der Waals surface area contributed by atoms with E-state index in [1.54, 1.807) is 7.11 Å². The molecule has 2 N–H and O–H groups in total. The zero-order valence-corrected chi connectivity index (χ0v) is 11.6. The van der Waals surface area contributed by atoms with Crippen LogP contribution in [0.3, 0.4) is 0 Å². The molecule has 0 bridgehead atoms. The summed E-state index contributed by atoms with van der Waals surface area (Å²) in [5.41, 5.74) is 1.20. The summed E-state index contributed by atoms with van der Waals surface area (Å²) in [4.78, 5) is 5.43. The van der Waals surface area contributed by atoms with E-state index in [-0.39, 0.29) is 5.75 Å². The summed E-state index contributed by atoms with van der Waals surface area (Å²) in [7, 11) is 3.44. The maximum absolute atomic E-state index is 13.8. The van der Waals surface area contributed by atoms with Crippen molar-refractivity contribution in [3.63, 3.8) is 0 Å². The van der Waals surface area contributed by atoms with E-state index in [2.05, 4.69) is 10.3 Å². The van der Waals surface area contributed by atoms with Gasteiger partial charge in [0.05, 0.1) is 12.3 Å². The van der Waals surface area contributed by atoms with Gasteiger partial charge in [-0.25, -0.2) is 9.37 Å². The van der Waals surface area contributed by atoms with Crippen LogP contribution in [-0.2, 0) is 17.9 Å². The SMILES string of the molecule is CNCc1sc(-c2ccc(O)cc2F)nc1COC. The molecule has 0 fully saturated rings. The van der Waals surface area contributed by atoms with E-state index in [0.717, 1.165) is 16.6 Å². The third kappa shape index (κ3) is 3.09. The second-order valence-corrected chi connectivity index (χ2v) is 5.10. The molecule has 2 aromatic rings. The summed E-state index contributed by atoms with van der Waals surface area (Å²) in [6, 6.07) is 4.07. The summed E-state index contributed by atoms with van der Waals surface area (Å²) >= 11 is 1.42. The van der Waals surface area contributed by atoms with E-state index in [4.69, 9.17) is 4.74 Å². The highest BCUT2D eigenvalue weighted by Gasteiger charge is 2.15. The molecule has 4 nitrogen and oxygen atoms in total. The van der Waals surface area contributed by atoms with Gasteiger partial charge in [0.15, 0.2) is 0 Å². The number of halogens is 1. The van der Waals surface area contributed by atoms with Gasteiger partial charge in [-0.05, 0) is 19.2 Å². The lowest BCUT2D eigenvalue weighted by Gasteiger charge is -1.99. The number of benzene rings is 1. The van der Waals surface area contributed by atoms with E-state index < -0.39 is 5.82 Å². The Morgan fingerprint density at radius 3 is 2.89 bits per heavy atom. The average Bonchev–Trinajstić information content (AvgIpc) is 2.73. The molecule has 1 aromatic carbocycles. The summed E-state index contributed by atoms with van der Waals surface area (Å²) in [6.07, 6.45) is 0. The molecule has 0 atom stereocenters. The number of nitrogens with one attached hydrogen (secondary N) is 1. The Balaban J connectivity index is 2.41. The first-order valence-corrected chi connectivity index (χ1v) is 6.58. The number of methoxy groups -OCH3 is 1. The maximum Gasteiger partial charge on any atom is 0.137 e. The van der Waals surface area contributed by atoms with Crippen LogP contribution in [-0.4, -0.2) is 24.2 Å². The van der Waals surface area contributed by atoms with Gasteiger partial charge < -0.3 is 15.2 Å². The first-order chi connectivity index (χ1) is 9.15. The lowest BCUT2D eigenvalue weighted by atomic mass is 10.2. The van der Waals surface area contributed by atoms with E-state index in [1.165, 1.54) is 23.5 Å². The molecule has 1 aromatic heterocycles. The molecule has 6 heteroatoms. The van der Waals surface area contributed by atoms with Gasteiger partial charge in [0.25, 0.3) is 0 Å². The minimum absolute atomic E-state index is 0.0923. The molecule has 102 valence electrons. The van der Waals surface area contributed by atoms with Crippen LogP contribution < -0.4 is 5.32 Å². The number of phenolic OH excluding ortho intramolecular Hbond substituents is 1. The topological polar surface area (TPSA) is 54.4 Å². The van der Waals surface area contributed by atoms with Gasteiger partial charge in [-0.15, -0.1) is 11.3 Å². The summed E-state index contributed by atoms with van der Waals surface area (Å²) in [5.74, 6) is -0.570. The summed E-state index contributed by atoms with van der Waals surface area (Å²) in [5, 5.41) is 12.9. The van der Waals surface area contributed by atoms with E-state index >= 15 is 0 Å². The van der Waals surface area contributed by atoms with Crippen molar-refractivity contribution in [2.75, 3.05) is 14.2 Å². The van der Waals surface area contributed by atoms with Gasteiger partial charge in [-0.2, -0.15) is 0 Å². The first kappa shape index (κ1) is 13.9. The van der Waals surface area contributed by atoms with E-state index in [9.17, 15) is 9.50 Å². The fourth-order valence-electron chi connectivity index (χ4n) is 1.72. The second kappa shape index (κ2) is 6.10. The van der Waals surface area contributed by atoms with Crippen LogP contribution in [0.5, 0.6) is 5.75 Å². The zero-order chi connectivity index (χ0) is 13.8. The monoisotopic (exact) mass is 282 g/mol. The number of ether oxygens (including phenoxy) is 1. The third-order valence-electron chi connectivity index (χ3n) is 2.58. The molecule has 0 aliphatic heterocycles. The van der Waals surface area contributed by atoms with Crippen LogP contribution in [0.15, 0.2) is 18.2 Å². The molecule has 0 aliphatic carbocycles. The summed E-state index contributed by atoms with van der Waals surface area (Å²) < 4.78 is 18.9. The standard InChI is InChI=1S/C13H15FN2O2S/c1-15-6-12-11(7-18-2)16-13(19-12)9-4-3-8(17)5-10(9)14/h3-5,15,17H,6-7H2,1-2H3. The van der Waals surface area contributed by atoms with Crippen molar-refractivity contribution in [3.05, 3.63) is 34.6 Å². The fourth-order valence-corrected chi connectivity index (χ4v) is 2.83. The van der Waals surface area contributed by atoms with Crippen LogP contribution in [0, 0.1) is 5.82 Å². The molecule has 1 heterocycles. The van der Waals surface area contributed by atoms with Gasteiger partial charge in [-0.1, -0.05) is 0 Å². The Hall–Kier alpha value is -1.50. The van der Waals surface area contributed by atoms with Gasteiger partial charge in [0.1, 0.15) is 16.6 Å². The van der Waals surface area contributed by atoms with Gasteiger partial charge in [0.2, 0.25) is 0 Å². The number of hydrogen-bond acceptors (Lipinski definition) is 5. The number of thiazole rings is 1. The first-order valence-electron chi connectivity index (χ1n) is 5.76. The van der Waals surface area contributed by atoms with Gasteiger partial charge in [-0.3, -0.25) is 0 Å². The molecule has 0 spiro atoms. The Kier molecular flexibility index (Phi) is 4.47. The molecule has 19 heavy (non-hydrogen) atoms. The van der Waals surface area contributed by atoms with Crippen molar-refractivity contribution < 1.29 is 14.2 Å². The predicted octanol–water partition coefficient (Wildman–Crippen LogP) is 2.52. The normalized spacial score (nSPS) is 10.9. The molecule has 0 aliphatic rings. The second-order valence-electron chi connectivity index (χ2n) is 4.02. The molecule has 0 unspecified atom stereocenters. The average molecular weight is 282 g/mol. The molecule has 0 radical (unpaired) electrons. The van der Waals surface area contributed by atoms with E-state index in [1.807, 2.05) is 7.05 Å². The number of nitrogens with zero attached hydrogens (tertiary/aromatic N) is 1. The Labute approximate surface area is 114 Å². The Bertz CT molecular complexity index is 548. The highest BCUT2D eigenvalue weighted by atomic mass is 32.1. The maximum atomic E-state index is 13.8. The smallest absolute Gasteiger partial charge is 0.137 e. The van der Waals surface area contributed by atoms with Crippen LogP contribution >= 0.6 is 11.3 Å². The lowest BCUT2D eigenvalue weighted by Crippen LogP contribution is -2.06. The zero-order valence-electron chi connectivity index (χ0n) is 10.7. The molecule has 0 saturated heterocycles. The van der Waals surface area contributed by atoms with Crippen LogP contribution in [0.1, 0.15) is 10.6 Å². The number of phenols is 1. The van der Waals surface area contributed by atoms with Gasteiger partial charge >= 0.3 is 0 Å². The Morgan fingerprint density at radius 1 is 1.47 bits per heavy atom. The number of aromatic hydroxyl groups is 1. The quantitative estimate of drug-likeness (QED) is 0.885. The van der Waals surface area contributed by atoms with Crippen LogP contribution in [0.25, 0.3) is 10.6 Å². The minimum atomic E-state index is -0.478. The molecular formula is C13H15FN2O2S. The fraction of sp³-hybridized carbons (Fsp3) is 0.308. The van der Waals surface area contributed by atoms with Crippen molar-refractivity contribution in [2.24, 2.45) is 0 Å². The van der Waals surface area contributed by atoms with Crippen LogP contribution in [0.4, 0.5) is 4.39 Å². The highest BCUT2D eigenvalue weighted by Crippen LogP contribution is 2.31. The van der Waals surface area contributed by atoms with Gasteiger partial charge in [0, 0.05) is 30.2 Å². The molecule has 0 amide bonds.